The van der Waals surface area contributed by atoms with E-state index >= 15 is 0 Å². The summed E-state index contributed by atoms with van der Waals surface area (Å²) in [5.74, 6) is 1.16. The van der Waals surface area contributed by atoms with Crippen LogP contribution in [0.15, 0.2) is 48.8 Å². The number of pyridine rings is 1. The van der Waals surface area contributed by atoms with E-state index in [0.29, 0.717) is 47.3 Å². The monoisotopic (exact) mass is 500 g/mol. The summed E-state index contributed by atoms with van der Waals surface area (Å²) < 4.78 is 44.1. The number of fused-ring (bicyclic) bond motifs is 1. The molecule has 190 valence electrons. The molecule has 11 heteroatoms. The molecule has 1 amide bonds. The van der Waals surface area contributed by atoms with Gasteiger partial charge in [0.2, 0.25) is 0 Å². The second kappa shape index (κ2) is 10.00. The van der Waals surface area contributed by atoms with Gasteiger partial charge in [0.1, 0.15) is 11.5 Å². The number of alkyl halides is 2. The quantitative estimate of drug-likeness (QED) is 0.333. The summed E-state index contributed by atoms with van der Waals surface area (Å²) in [5, 5.41) is 16.5. The fourth-order valence-electron chi connectivity index (χ4n) is 4.28. The molecule has 0 saturated heterocycles. The van der Waals surface area contributed by atoms with Gasteiger partial charge in [0.25, 0.3) is 0 Å². The van der Waals surface area contributed by atoms with Gasteiger partial charge in [-0.05, 0) is 55.9 Å². The first kappa shape index (κ1) is 23.8. The van der Waals surface area contributed by atoms with Crippen LogP contribution in [-0.4, -0.2) is 42.2 Å². The average molecular weight is 501 g/mol. The van der Waals surface area contributed by atoms with Gasteiger partial charge in [-0.1, -0.05) is 6.07 Å². The Morgan fingerprint density at radius 1 is 1.22 bits per heavy atom. The number of hydrogen-bond acceptors (Lipinski definition) is 6. The van der Waals surface area contributed by atoms with E-state index in [0.717, 1.165) is 18.4 Å². The Bertz CT molecular complexity index is 1250. The molecule has 1 aromatic carbocycles. The molecule has 3 heterocycles. The van der Waals surface area contributed by atoms with Crippen LogP contribution in [0.1, 0.15) is 37.8 Å². The Labute approximate surface area is 206 Å². The number of carbonyl (C=O) groups is 1. The molecule has 36 heavy (non-hydrogen) atoms. The summed E-state index contributed by atoms with van der Waals surface area (Å²) in [6.07, 6.45) is 4.89. The Morgan fingerprint density at radius 3 is 2.78 bits per heavy atom. The molecule has 1 fully saturated rings. The molecule has 0 N–H and O–H groups in total. The van der Waals surface area contributed by atoms with E-state index < -0.39 is 12.7 Å². The summed E-state index contributed by atoms with van der Waals surface area (Å²) in [6, 6.07) is 9.67. The zero-order chi connectivity index (χ0) is 25.2. The maximum atomic E-state index is 13.0. The lowest BCUT2D eigenvalue weighted by Crippen LogP contribution is -2.39. The molecule has 2 aromatic heterocycles. The number of anilines is 1. The maximum Gasteiger partial charge on any atom is 0.415 e. The molecule has 1 unspecified atom stereocenters. The van der Waals surface area contributed by atoms with E-state index in [2.05, 4.69) is 4.74 Å². The van der Waals surface area contributed by atoms with Crippen molar-refractivity contribution in [2.75, 3.05) is 24.7 Å². The highest BCUT2D eigenvalue weighted by molar-refractivity contribution is 5.88. The van der Waals surface area contributed by atoms with Gasteiger partial charge in [-0.2, -0.15) is 18.6 Å². The van der Waals surface area contributed by atoms with Gasteiger partial charge in [0.15, 0.2) is 23.9 Å². The number of aromatic nitrogens is 3. The summed E-state index contributed by atoms with van der Waals surface area (Å²) >= 11 is 0. The molecule has 1 aliphatic carbocycles. The minimum Gasteiger partial charge on any atom is -0.619 e. The van der Waals surface area contributed by atoms with E-state index in [1.807, 2.05) is 0 Å². The number of halogens is 2. The fourth-order valence-corrected chi connectivity index (χ4v) is 4.28. The van der Waals surface area contributed by atoms with E-state index in [1.54, 1.807) is 41.9 Å². The molecule has 0 bridgehead atoms. The molecule has 1 aliphatic heterocycles. The number of amides is 1. The number of hydrogen-bond donors (Lipinski definition) is 0. The number of nitrogens with zero attached hydrogens (tertiary/aromatic N) is 4. The second-order valence-electron chi connectivity index (χ2n) is 8.78. The van der Waals surface area contributed by atoms with Gasteiger partial charge in [-0.3, -0.25) is 4.90 Å². The lowest BCUT2D eigenvalue weighted by molar-refractivity contribution is -0.604. The first-order chi connectivity index (χ1) is 17.4. The van der Waals surface area contributed by atoms with Crippen molar-refractivity contribution in [3.63, 3.8) is 0 Å². The van der Waals surface area contributed by atoms with Gasteiger partial charge in [-0.25, -0.2) is 9.48 Å². The van der Waals surface area contributed by atoms with Crippen molar-refractivity contribution in [2.45, 2.75) is 38.8 Å². The SMILES string of the molecule is CCOC(=O)N1CCC(c2ccc(OC(F)F)c(OCC3CC3)c2)n2nc(-c3ccc[n+]([O-])c3)cc21. The van der Waals surface area contributed by atoms with Crippen LogP contribution in [0.2, 0.25) is 0 Å². The van der Waals surface area contributed by atoms with Crippen LogP contribution >= 0.6 is 0 Å². The average Bonchev–Trinajstić information content (AvgIpc) is 3.58. The normalized spacial score (nSPS) is 17.1. The zero-order valence-electron chi connectivity index (χ0n) is 19.7. The van der Waals surface area contributed by atoms with Crippen LogP contribution in [0, 0.1) is 11.1 Å². The first-order valence-electron chi connectivity index (χ1n) is 11.9. The summed E-state index contributed by atoms with van der Waals surface area (Å²) in [7, 11) is 0. The van der Waals surface area contributed by atoms with E-state index in [9.17, 15) is 18.8 Å². The van der Waals surface area contributed by atoms with Crippen molar-refractivity contribution in [3.05, 3.63) is 59.6 Å². The van der Waals surface area contributed by atoms with Gasteiger partial charge >= 0.3 is 12.7 Å². The minimum absolute atomic E-state index is 0.0241. The first-order valence-corrected chi connectivity index (χ1v) is 11.9. The smallest absolute Gasteiger partial charge is 0.415 e. The molecular weight excluding hydrogens is 474 g/mol. The van der Waals surface area contributed by atoms with Crippen LogP contribution in [0.3, 0.4) is 0 Å². The van der Waals surface area contributed by atoms with Crippen molar-refractivity contribution in [1.82, 2.24) is 9.78 Å². The Hall–Kier alpha value is -3.89. The van der Waals surface area contributed by atoms with Crippen molar-refractivity contribution in [1.29, 1.82) is 0 Å². The molecule has 0 radical (unpaired) electrons. The number of rotatable bonds is 8. The number of benzene rings is 1. The lowest BCUT2D eigenvalue weighted by Gasteiger charge is -2.32. The topological polar surface area (TPSA) is 92.8 Å². The maximum absolute atomic E-state index is 13.0. The van der Waals surface area contributed by atoms with Crippen molar-refractivity contribution in [3.8, 4) is 22.8 Å². The molecule has 1 atom stereocenters. The predicted octanol–water partition coefficient (Wildman–Crippen LogP) is 4.53. The summed E-state index contributed by atoms with van der Waals surface area (Å²) in [6.45, 7) is -0.219. The van der Waals surface area contributed by atoms with Crippen LogP contribution in [0.4, 0.5) is 19.4 Å². The minimum atomic E-state index is -2.97. The largest absolute Gasteiger partial charge is 0.619 e. The third kappa shape index (κ3) is 5.05. The third-order valence-electron chi connectivity index (χ3n) is 6.21. The Kier molecular flexibility index (Phi) is 6.62. The highest BCUT2D eigenvalue weighted by atomic mass is 19.3. The van der Waals surface area contributed by atoms with Crippen LogP contribution in [0.5, 0.6) is 11.5 Å². The van der Waals surface area contributed by atoms with E-state index in [-0.39, 0.29) is 24.1 Å². The lowest BCUT2D eigenvalue weighted by atomic mass is 10.0. The van der Waals surface area contributed by atoms with Gasteiger partial charge < -0.3 is 19.4 Å². The van der Waals surface area contributed by atoms with Gasteiger partial charge in [0, 0.05) is 18.7 Å². The molecule has 9 nitrogen and oxygen atoms in total. The summed E-state index contributed by atoms with van der Waals surface area (Å²) in [5.41, 5.74) is 1.87. The van der Waals surface area contributed by atoms with Crippen molar-refractivity contribution >= 4 is 11.9 Å². The highest BCUT2D eigenvalue weighted by Crippen LogP contribution is 2.40. The molecule has 5 rings (SSSR count). The molecular formula is C25H26F2N4O5. The van der Waals surface area contributed by atoms with E-state index in [1.165, 1.54) is 23.4 Å². The zero-order valence-corrected chi connectivity index (χ0v) is 19.7. The summed E-state index contributed by atoms with van der Waals surface area (Å²) in [4.78, 5) is 14.2. The number of ether oxygens (including phenoxy) is 3. The Balaban J connectivity index is 1.53. The molecule has 2 aliphatic rings. The number of carbonyl (C=O) groups excluding carboxylic acids is 1. The van der Waals surface area contributed by atoms with Crippen LogP contribution < -0.4 is 19.1 Å². The fraction of sp³-hybridized carbons (Fsp3) is 0.400. The van der Waals surface area contributed by atoms with Gasteiger partial charge in [-0.15, -0.1) is 0 Å². The molecule has 3 aromatic rings. The van der Waals surface area contributed by atoms with Crippen LogP contribution in [-0.2, 0) is 4.74 Å². The van der Waals surface area contributed by atoms with E-state index in [4.69, 9.17) is 14.6 Å². The second-order valence-corrected chi connectivity index (χ2v) is 8.78. The van der Waals surface area contributed by atoms with Crippen molar-refractivity contribution < 1.29 is 32.5 Å². The van der Waals surface area contributed by atoms with Gasteiger partial charge in [0.05, 0.1) is 24.8 Å². The molecule has 1 saturated carbocycles. The highest BCUT2D eigenvalue weighted by Gasteiger charge is 2.33. The molecule has 0 spiro atoms. The Morgan fingerprint density at radius 2 is 2.06 bits per heavy atom. The van der Waals surface area contributed by atoms with Crippen LogP contribution in [0.25, 0.3) is 11.3 Å². The predicted molar refractivity (Wildman–Crippen MR) is 125 cm³/mol. The third-order valence-corrected chi connectivity index (χ3v) is 6.21. The van der Waals surface area contributed by atoms with Crippen molar-refractivity contribution in [2.24, 2.45) is 5.92 Å². The standard InChI is InChI=1S/C25H26F2N4O5/c1-2-34-25(32)30-11-9-20(31-23(30)13-19(28-31)18-4-3-10-29(33)14-18)17-7-8-21(36-24(26)27)22(12-17)35-15-16-5-6-16/h3-4,7-8,10,12-14,16,20,24H,2,5-6,9,11,15H2,1H3.